The lowest BCUT2D eigenvalue weighted by atomic mass is 10.1. The number of aryl methyl sites for hydroxylation is 1. The third kappa shape index (κ3) is 52.0. The minimum atomic E-state index is -0.240. The fraction of sp³-hybridized carbons (Fsp3) is 0.566. The van der Waals surface area contributed by atoms with Crippen LogP contribution >= 0.6 is 24.4 Å². The summed E-state index contributed by atoms with van der Waals surface area (Å²) in [5.41, 5.74) is 3.23. The van der Waals surface area contributed by atoms with Crippen LogP contribution in [0.1, 0.15) is 145 Å². The van der Waals surface area contributed by atoms with Crippen molar-refractivity contribution in [1.29, 1.82) is 0 Å². The number of furan rings is 2. The molecule has 0 fully saturated rings. The molecule has 69 heavy (non-hydrogen) atoms. The smallest absolute Gasteiger partial charge is 0.333 e. The van der Waals surface area contributed by atoms with E-state index in [0.717, 1.165) is 61.6 Å². The van der Waals surface area contributed by atoms with Crippen molar-refractivity contribution in [1.82, 2.24) is 4.98 Å². The van der Waals surface area contributed by atoms with Gasteiger partial charge in [0.2, 0.25) is 0 Å². The summed E-state index contributed by atoms with van der Waals surface area (Å²) < 4.78 is 38.8. The second kappa shape index (κ2) is 55.4. The molecule has 0 spiro atoms. The summed E-state index contributed by atoms with van der Waals surface area (Å²) >= 11 is 5.52. The average molecular weight is 1010 g/mol. The summed E-state index contributed by atoms with van der Waals surface area (Å²) in [6.07, 6.45) is 24.0. The normalized spacial score (nSPS) is 10.7. The molecule has 2 unspecified atom stereocenters. The molecule has 0 amide bonds. The molecule has 3 rings (SSSR count). The Morgan fingerprint density at radius 3 is 1.86 bits per heavy atom. The maximum Gasteiger partial charge on any atom is 0.333 e. The van der Waals surface area contributed by atoms with Crippen LogP contribution < -0.4 is 0 Å². The third-order valence-electron chi connectivity index (χ3n) is 8.11. The number of ether oxygens (including phenoxy) is 5. The van der Waals surface area contributed by atoms with E-state index < -0.39 is 0 Å². The fourth-order valence-electron chi connectivity index (χ4n) is 4.36. The molecular weight excluding hydrogens is 923 g/mol. The largest absolute Gasteiger partial charge is 0.469 e. The number of nitrogens with zero attached hydrogens (tertiary/aromatic N) is 1. The summed E-state index contributed by atoms with van der Waals surface area (Å²) in [5.74, 6) is 3.01. The maximum atomic E-state index is 11.5. The van der Waals surface area contributed by atoms with Gasteiger partial charge in [-0.2, -0.15) is 24.4 Å². The number of unbranched alkanes of at least 4 members (excludes halogenated alkanes) is 3. The summed E-state index contributed by atoms with van der Waals surface area (Å²) in [6.45, 7) is 26.1. The van der Waals surface area contributed by atoms with Crippen molar-refractivity contribution in [2.75, 3.05) is 37.9 Å². The van der Waals surface area contributed by atoms with Crippen LogP contribution in [0.25, 0.3) is 0 Å². The molecular formula is C53H85NO13S2. The summed E-state index contributed by atoms with van der Waals surface area (Å²) in [5, 5.41) is 0. The Morgan fingerprint density at radius 2 is 1.43 bits per heavy atom. The monoisotopic (exact) mass is 1010 g/mol. The lowest BCUT2D eigenvalue weighted by Crippen LogP contribution is -2.18. The molecule has 0 bridgehead atoms. The van der Waals surface area contributed by atoms with Gasteiger partial charge < -0.3 is 36.9 Å². The Morgan fingerprint density at radius 1 is 0.826 bits per heavy atom. The van der Waals surface area contributed by atoms with Gasteiger partial charge in [-0.3, -0.25) is 14.4 Å². The first kappa shape index (κ1) is 70.4. The van der Waals surface area contributed by atoms with Crippen LogP contribution in [0.15, 0.2) is 111 Å². The summed E-state index contributed by atoms with van der Waals surface area (Å²) in [6, 6.07) is 7.66. The van der Waals surface area contributed by atoms with Gasteiger partial charge in [-0.05, 0) is 104 Å². The van der Waals surface area contributed by atoms with Crippen LogP contribution in [0.4, 0.5) is 0 Å². The van der Waals surface area contributed by atoms with Crippen molar-refractivity contribution in [2.24, 2.45) is 5.92 Å². The molecule has 0 N–H and O–H groups in total. The van der Waals surface area contributed by atoms with Gasteiger partial charge in [-0.15, -0.1) is 5.73 Å². The Kier molecular flexibility index (Phi) is 56.5. The minimum Gasteiger partial charge on any atom is -0.469 e. The lowest BCUT2D eigenvalue weighted by Gasteiger charge is -2.16. The van der Waals surface area contributed by atoms with Crippen LogP contribution in [-0.2, 0) is 59.8 Å². The van der Waals surface area contributed by atoms with Crippen molar-refractivity contribution in [3.63, 3.8) is 0 Å². The molecule has 392 valence electrons. The van der Waals surface area contributed by atoms with Crippen LogP contribution in [0.3, 0.4) is 0 Å². The Labute approximate surface area is 423 Å². The lowest BCUT2D eigenvalue weighted by molar-refractivity contribution is -0.146. The number of thiol groups is 1. The van der Waals surface area contributed by atoms with Crippen LogP contribution in [-0.4, -0.2) is 78.9 Å². The molecule has 0 saturated carbocycles. The van der Waals surface area contributed by atoms with E-state index in [1.807, 2.05) is 44.2 Å². The van der Waals surface area contributed by atoms with Crippen LogP contribution in [0.5, 0.6) is 0 Å². The maximum absolute atomic E-state index is 11.5. The number of thioether (sulfide) groups is 1. The number of carbonyl (C=O) groups is 5. The average Bonchev–Trinajstić information content (AvgIpc) is 4.19. The predicted octanol–water partition coefficient (Wildman–Crippen LogP) is 13.1. The van der Waals surface area contributed by atoms with E-state index in [4.69, 9.17) is 23.0 Å². The molecule has 3 heterocycles. The highest BCUT2D eigenvalue weighted by molar-refractivity contribution is 7.98. The molecule has 0 radical (unpaired) electrons. The van der Waals surface area contributed by atoms with E-state index in [1.165, 1.54) is 31.6 Å². The van der Waals surface area contributed by atoms with E-state index in [1.54, 1.807) is 77.3 Å². The molecule has 0 saturated heterocycles. The predicted molar refractivity (Wildman–Crippen MR) is 280 cm³/mol. The van der Waals surface area contributed by atoms with Gasteiger partial charge >= 0.3 is 29.8 Å². The SMILES string of the molecule is C/C=C(\C)C(=O)OC(CC)CCCCC.C=C=CC(C)C(=O)OCC.CCC/C=C/C(=O)OCC.CCOC(=O)CCS.CCOC(=O)CCSCc1ccco1.CCc1ccco1.c1cocn1. The molecule has 2 atom stereocenters. The Balaban J connectivity index is -0.000000366. The number of allylic oxidation sites excluding steroid dienone is 2. The quantitative estimate of drug-likeness (QED) is 0.0223. The van der Waals surface area contributed by atoms with Gasteiger partial charge in [-0.1, -0.05) is 65.7 Å². The van der Waals surface area contributed by atoms with Gasteiger partial charge in [0.05, 0.1) is 69.7 Å². The first-order chi connectivity index (χ1) is 33.2. The Bertz CT molecular complexity index is 1680. The summed E-state index contributed by atoms with van der Waals surface area (Å²) in [4.78, 5) is 57.8. The zero-order valence-corrected chi connectivity index (χ0v) is 45.2. The van der Waals surface area contributed by atoms with Gasteiger partial charge in [0.1, 0.15) is 23.9 Å². The van der Waals surface area contributed by atoms with Gasteiger partial charge in [0.25, 0.3) is 0 Å². The highest BCUT2D eigenvalue weighted by Crippen LogP contribution is 2.14. The second-order valence-corrected chi connectivity index (χ2v) is 15.4. The molecule has 14 nitrogen and oxygen atoms in total. The van der Waals surface area contributed by atoms with Crippen LogP contribution in [0, 0.1) is 5.92 Å². The van der Waals surface area contributed by atoms with Crippen molar-refractivity contribution >= 4 is 54.2 Å². The minimum absolute atomic E-state index is 0.0962. The molecule has 0 aromatic carbocycles. The van der Waals surface area contributed by atoms with E-state index in [2.05, 4.69) is 71.5 Å². The summed E-state index contributed by atoms with van der Waals surface area (Å²) in [7, 11) is 0. The molecule has 0 aliphatic heterocycles. The van der Waals surface area contributed by atoms with E-state index >= 15 is 0 Å². The molecule has 0 aliphatic carbocycles. The zero-order valence-electron chi connectivity index (χ0n) is 43.5. The highest BCUT2D eigenvalue weighted by Gasteiger charge is 2.13. The molecule has 3 aromatic heterocycles. The molecule has 3 aromatic rings. The molecule has 0 aliphatic rings. The van der Waals surface area contributed by atoms with Gasteiger partial charge in [0.15, 0.2) is 6.39 Å². The van der Waals surface area contributed by atoms with Crippen molar-refractivity contribution in [3.05, 3.63) is 109 Å². The highest BCUT2D eigenvalue weighted by atomic mass is 32.2. The number of carbonyl (C=O) groups excluding carboxylic acids is 5. The first-order valence-electron chi connectivity index (χ1n) is 23.8. The van der Waals surface area contributed by atoms with Gasteiger partial charge in [0, 0.05) is 29.6 Å². The molecule has 16 heteroatoms. The number of hydrogen-bond donors (Lipinski definition) is 1. The fourth-order valence-corrected chi connectivity index (χ4v) is 5.36. The van der Waals surface area contributed by atoms with E-state index in [0.29, 0.717) is 50.6 Å². The zero-order chi connectivity index (χ0) is 52.8. The standard InChI is InChI=1S/C13H24O2.C10H14O3S.C8H12O2.C8H14O2.C6H8O.C5H10O2S.C3H3NO/c1-5-8-9-10-12(7-3)15-13(14)11(4)6-2;1-2-12-10(11)5-7-14-8-9-4-3-6-13-9;1-4-6-7(3)8(9)10-5-2;1-3-5-6-7-8(9)10-4-2;1-2-6-4-3-5-7-6;1-2-7-5(6)3-4-8;1-2-5-3-4-1/h6,12H,5,7-10H2,1-4H3;3-4,6H,2,5,7-8H2,1H3;6-7H,1,5H2,2-3H3;6-7H,3-5H2,1-2H3;3-5H,2H2,1H3;8H,2-4H2,1H3;1-3H/b11-6+;;;7-6+;;;. The first-order valence-corrected chi connectivity index (χ1v) is 25.6. The van der Waals surface area contributed by atoms with Crippen molar-refractivity contribution in [3.8, 4) is 0 Å². The number of oxazole rings is 1. The Hall–Kier alpha value is -5.18. The van der Waals surface area contributed by atoms with E-state index in [9.17, 15) is 24.0 Å². The van der Waals surface area contributed by atoms with Crippen LogP contribution in [0.2, 0.25) is 0 Å². The van der Waals surface area contributed by atoms with Crippen molar-refractivity contribution < 1.29 is 60.9 Å². The topological polar surface area (TPSA) is 184 Å². The van der Waals surface area contributed by atoms with Crippen molar-refractivity contribution in [2.45, 2.75) is 152 Å². The third-order valence-corrected chi connectivity index (χ3v) is 9.32. The number of esters is 5. The number of aromatic nitrogens is 1. The number of rotatable bonds is 24. The van der Waals surface area contributed by atoms with E-state index in [-0.39, 0.29) is 41.9 Å². The second-order valence-electron chi connectivity index (χ2n) is 13.8. The van der Waals surface area contributed by atoms with Gasteiger partial charge in [-0.25, -0.2) is 14.6 Å². The number of hydrogen-bond acceptors (Lipinski definition) is 16.